The van der Waals surface area contributed by atoms with Gasteiger partial charge >= 0.3 is 0 Å². The Labute approximate surface area is 383 Å². The number of ether oxygens (including phenoxy) is 5. The van der Waals surface area contributed by atoms with Gasteiger partial charge in [-0.25, -0.2) is 0 Å². The van der Waals surface area contributed by atoms with Crippen molar-refractivity contribution in [3.63, 3.8) is 0 Å². The van der Waals surface area contributed by atoms with Crippen molar-refractivity contribution in [3.8, 4) is 0 Å². The van der Waals surface area contributed by atoms with Gasteiger partial charge < -0.3 is 85.0 Å². The Bertz CT molecular complexity index is 1680. The molecule has 0 radical (unpaired) electrons. The fourth-order valence-corrected chi connectivity index (χ4v) is 15.4. The minimum Gasteiger partial charge on any atom is -0.394 e. The quantitative estimate of drug-likeness (QED) is 0.124. The Morgan fingerprint density at radius 1 is 0.708 bits per heavy atom. The largest absolute Gasteiger partial charge is 0.394 e. The van der Waals surface area contributed by atoms with Crippen molar-refractivity contribution in [2.45, 2.75) is 223 Å². The van der Waals surface area contributed by atoms with Gasteiger partial charge in [0.1, 0.15) is 67.1 Å². The lowest BCUT2D eigenvalue weighted by molar-refractivity contribution is -0.349. The summed E-state index contributed by atoms with van der Waals surface area (Å²) in [5.41, 5.74) is -2.12. The van der Waals surface area contributed by atoms with Gasteiger partial charge in [0.25, 0.3) is 0 Å². The Kier molecular flexibility index (Phi) is 14.9. The van der Waals surface area contributed by atoms with Crippen LogP contribution < -0.4 is 0 Å². The van der Waals surface area contributed by atoms with Gasteiger partial charge in [0, 0.05) is 0 Å². The molecule has 3 aliphatic heterocycles. The van der Waals surface area contributed by atoms with E-state index in [0.29, 0.717) is 51.4 Å². The standard InChI is InChI=1S/C48H82O17/c1-21(2)11-10-14-48(9,65-43-38(60)34(56)32(54)27(20-50)63-43)24-12-16-46(7)30(24)25(51)17-28-45(6)15-13-29(52)44(4,5)41(45)23(18-47(28,46)8)40-36(58)35(57)39(22(3)61-40)64-42-37(59)33(55)31(53)26(19-49)62-42/h11,22-43,49-60H,10,12-20H2,1-9H3/t22-,23+,24-,25+,26+,27+,28+,29-,30-,31+,32+,33-,34-,35-,36+,37+,38+,39-,40-,41-,42-,43-,45+,46+,47+,48-/m0/s1. The molecule has 0 bridgehead atoms. The van der Waals surface area contributed by atoms with Crippen LogP contribution in [0.15, 0.2) is 11.6 Å². The van der Waals surface area contributed by atoms with Gasteiger partial charge in [-0.05, 0) is 130 Å². The zero-order valence-corrected chi connectivity index (χ0v) is 39.8. The highest BCUT2D eigenvalue weighted by atomic mass is 16.7. The Balaban J connectivity index is 1.24. The molecule has 4 saturated carbocycles. The van der Waals surface area contributed by atoms with Crippen molar-refractivity contribution >= 4 is 0 Å². The van der Waals surface area contributed by atoms with E-state index < -0.39 is 151 Å². The lowest BCUT2D eigenvalue weighted by Crippen LogP contribution is -2.72. The summed E-state index contributed by atoms with van der Waals surface area (Å²) < 4.78 is 31.2. The van der Waals surface area contributed by atoms with E-state index in [1.807, 2.05) is 20.8 Å². The van der Waals surface area contributed by atoms with Gasteiger partial charge in [0.05, 0.1) is 43.2 Å². The Morgan fingerprint density at radius 2 is 1.29 bits per heavy atom. The lowest BCUT2D eigenvalue weighted by Gasteiger charge is -2.73. The third-order valence-corrected chi connectivity index (χ3v) is 19.0. The molecule has 17 heteroatoms. The van der Waals surface area contributed by atoms with Crippen molar-refractivity contribution in [1.29, 1.82) is 0 Å². The maximum absolute atomic E-state index is 12.7. The predicted molar refractivity (Wildman–Crippen MR) is 232 cm³/mol. The first-order valence-corrected chi connectivity index (χ1v) is 24.2. The fraction of sp³-hybridized carbons (Fsp3) is 0.958. The molecule has 0 aromatic carbocycles. The molecular weight excluding hydrogens is 849 g/mol. The number of fused-ring (bicyclic) bond motifs is 5. The zero-order chi connectivity index (χ0) is 48.1. The number of rotatable bonds is 11. The molecule has 376 valence electrons. The third kappa shape index (κ3) is 8.42. The second-order valence-corrected chi connectivity index (χ2v) is 23.1. The first kappa shape index (κ1) is 51.9. The molecule has 0 spiro atoms. The molecule has 7 rings (SSSR count). The molecule has 0 unspecified atom stereocenters. The van der Waals surface area contributed by atoms with Crippen LogP contribution in [0.25, 0.3) is 0 Å². The van der Waals surface area contributed by atoms with E-state index in [1.165, 1.54) is 0 Å². The molecule has 17 nitrogen and oxygen atoms in total. The average Bonchev–Trinajstić information content (AvgIpc) is 3.63. The SMILES string of the molecule is CC(C)=CCC[C@](C)(O[C@@H]1O[C@H](CO)[C@@H](O)[C@H](O)[C@H]1O)[C@H]1CC[C@]2(C)[C@@H]1[C@H](O)C[C@@H]1[C@@]3(C)CC[C@H](O)C(C)(C)[C@@H]3[C@@H]([C@@H]3O[C@@H](C)[C@H](O[C@@H]4O[C@H](CO)[C@@H](O)[C@H](O)[C@H]4O)[C@@H](O)[C@H]3O)C[C@]12C. The molecule has 65 heavy (non-hydrogen) atoms. The van der Waals surface area contributed by atoms with E-state index in [1.54, 1.807) is 6.92 Å². The monoisotopic (exact) mass is 931 g/mol. The summed E-state index contributed by atoms with van der Waals surface area (Å²) in [6.07, 6.45) is -16.1. The lowest BCUT2D eigenvalue weighted by atomic mass is 9.32. The van der Waals surface area contributed by atoms with E-state index in [9.17, 15) is 61.3 Å². The highest BCUT2D eigenvalue weighted by Gasteiger charge is 2.74. The first-order valence-electron chi connectivity index (χ1n) is 24.2. The average molecular weight is 931 g/mol. The normalized spacial score (nSPS) is 54.2. The summed E-state index contributed by atoms with van der Waals surface area (Å²) >= 11 is 0. The van der Waals surface area contributed by atoms with Crippen LogP contribution in [-0.2, 0) is 23.7 Å². The van der Waals surface area contributed by atoms with Crippen LogP contribution in [0.2, 0.25) is 0 Å². The van der Waals surface area contributed by atoms with Crippen LogP contribution >= 0.6 is 0 Å². The van der Waals surface area contributed by atoms with E-state index in [-0.39, 0.29) is 23.7 Å². The van der Waals surface area contributed by atoms with Crippen molar-refractivity contribution < 1.29 is 85.0 Å². The summed E-state index contributed by atoms with van der Waals surface area (Å²) in [5, 5.41) is 133. The molecule has 4 aliphatic carbocycles. The smallest absolute Gasteiger partial charge is 0.187 e. The highest BCUT2D eigenvalue weighted by molar-refractivity contribution is 5.23. The van der Waals surface area contributed by atoms with Crippen LogP contribution in [0.3, 0.4) is 0 Å². The van der Waals surface area contributed by atoms with Crippen molar-refractivity contribution in [3.05, 3.63) is 11.6 Å². The van der Waals surface area contributed by atoms with E-state index in [2.05, 4.69) is 40.7 Å². The minimum absolute atomic E-state index is 0.0355. The minimum atomic E-state index is -1.73. The topological polar surface area (TPSA) is 289 Å². The summed E-state index contributed by atoms with van der Waals surface area (Å²) in [5.74, 6) is -1.30. The van der Waals surface area contributed by atoms with Gasteiger partial charge in [-0.3, -0.25) is 0 Å². The van der Waals surface area contributed by atoms with Crippen molar-refractivity contribution in [2.75, 3.05) is 13.2 Å². The molecule has 12 N–H and O–H groups in total. The maximum atomic E-state index is 12.7. The zero-order valence-electron chi connectivity index (χ0n) is 39.8. The fourth-order valence-electron chi connectivity index (χ4n) is 15.4. The van der Waals surface area contributed by atoms with Crippen molar-refractivity contribution in [1.82, 2.24) is 0 Å². The van der Waals surface area contributed by atoms with E-state index >= 15 is 0 Å². The highest BCUT2D eigenvalue weighted by Crippen LogP contribution is 2.77. The van der Waals surface area contributed by atoms with Crippen LogP contribution in [-0.4, -0.2) is 184 Å². The first-order chi connectivity index (χ1) is 30.2. The summed E-state index contributed by atoms with van der Waals surface area (Å²) in [6.45, 7) is 17.3. The Hall–Kier alpha value is -0.940. The van der Waals surface area contributed by atoms with E-state index in [0.717, 1.165) is 5.57 Å². The molecule has 7 aliphatic rings. The van der Waals surface area contributed by atoms with Gasteiger partial charge in [0.2, 0.25) is 0 Å². The van der Waals surface area contributed by atoms with Crippen LogP contribution in [0.5, 0.6) is 0 Å². The number of aliphatic hydroxyl groups is 12. The number of aliphatic hydroxyl groups excluding tert-OH is 12. The third-order valence-electron chi connectivity index (χ3n) is 19.0. The maximum Gasteiger partial charge on any atom is 0.187 e. The molecule has 0 aromatic heterocycles. The number of hydrogen-bond donors (Lipinski definition) is 12. The predicted octanol–water partition coefficient (Wildman–Crippen LogP) is 0.245. The number of allylic oxidation sites excluding steroid dienone is 2. The van der Waals surface area contributed by atoms with Gasteiger partial charge in [-0.15, -0.1) is 0 Å². The van der Waals surface area contributed by atoms with Gasteiger partial charge in [-0.1, -0.05) is 46.3 Å². The summed E-state index contributed by atoms with van der Waals surface area (Å²) in [4.78, 5) is 0. The molecule has 7 fully saturated rings. The molecule has 0 aromatic rings. The Morgan fingerprint density at radius 3 is 1.88 bits per heavy atom. The van der Waals surface area contributed by atoms with Crippen LogP contribution in [0.4, 0.5) is 0 Å². The molecule has 3 saturated heterocycles. The van der Waals surface area contributed by atoms with Crippen molar-refractivity contribution in [2.24, 2.45) is 51.2 Å². The number of hydrogen-bond acceptors (Lipinski definition) is 17. The van der Waals surface area contributed by atoms with E-state index in [4.69, 9.17) is 23.7 Å². The second-order valence-electron chi connectivity index (χ2n) is 23.1. The van der Waals surface area contributed by atoms with Crippen LogP contribution in [0, 0.1) is 51.2 Å². The molecular formula is C48H82O17. The molecule has 3 heterocycles. The summed E-state index contributed by atoms with van der Waals surface area (Å²) in [6, 6.07) is 0. The molecule has 0 amide bonds. The van der Waals surface area contributed by atoms with Crippen LogP contribution in [0.1, 0.15) is 114 Å². The second kappa shape index (κ2) is 18.7. The molecule has 26 atom stereocenters. The summed E-state index contributed by atoms with van der Waals surface area (Å²) in [7, 11) is 0. The van der Waals surface area contributed by atoms with Gasteiger partial charge in [-0.2, -0.15) is 0 Å². The van der Waals surface area contributed by atoms with Gasteiger partial charge in [0.15, 0.2) is 12.6 Å².